The molecule has 0 atom stereocenters. The monoisotopic (exact) mass is 781 g/mol. The van der Waals surface area contributed by atoms with Crippen LogP contribution in [0, 0.1) is 0 Å². The number of nitrogens with zero attached hydrogens (tertiary/aromatic N) is 5. The summed E-state index contributed by atoms with van der Waals surface area (Å²) in [5.41, 5.74) is 16.8. The first-order valence-electron chi connectivity index (χ1n) is 20.9. The Morgan fingerprint density at radius 1 is 0.410 bits per heavy atom. The van der Waals surface area contributed by atoms with Crippen molar-refractivity contribution in [1.82, 2.24) is 19.5 Å². The van der Waals surface area contributed by atoms with Gasteiger partial charge in [0.25, 0.3) is 0 Å². The molecule has 0 saturated heterocycles. The van der Waals surface area contributed by atoms with Gasteiger partial charge in [-0.1, -0.05) is 166 Å². The van der Waals surface area contributed by atoms with E-state index in [1.807, 2.05) is 36.4 Å². The molecule has 3 heterocycles. The molecule has 1 aliphatic heterocycles. The summed E-state index contributed by atoms with van der Waals surface area (Å²) < 4.78 is 2.38. The Bertz CT molecular complexity index is 3330. The van der Waals surface area contributed by atoms with Gasteiger partial charge in [-0.2, -0.15) is 9.97 Å². The molecule has 288 valence electrons. The topological polar surface area (TPSA) is 46.8 Å². The van der Waals surface area contributed by atoms with Crippen LogP contribution < -0.4 is 4.90 Å². The number of rotatable bonds is 5. The molecule has 0 bridgehead atoms. The lowest BCUT2D eigenvalue weighted by atomic mass is 9.82. The third-order valence-electron chi connectivity index (χ3n) is 12.6. The fourth-order valence-electron chi connectivity index (χ4n) is 9.58. The second kappa shape index (κ2) is 13.6. The molecule has 0 unspecified atom stereocenters. The van der Waals surface area contributed by atoms with E-state index in [2.05, 4.69) is 187 Å². The summed E-state index contributed by atoms with van der Waals surface area (Å²) in [5.74, 6) is 1.80. The van der Waals surface area contributed by atoms with Crippen molar-refractivity contribution in [3.8, 4) is 50.7 Å². The molecule has 0 saturated carbocycles. The van der Waals surface area contributed by atoms with Crippen LogP contribution in [0.2, 0.25) is 0 Å². The van der Waals surface area contributed by atoms with E-state index in [1.165, 1.54) is 44.1 Å². The second-order valence-electron chi connectivity index (χ2n) is 16.5. The molecule has 0 amide bonds. The van der Waals surface area contributed by atoms with Crippen molar-refractivity contribution in [3.63, 3.8) is 0 Å². The van der Waals surface area contributed by atoms with E-state index >= 15 is 0 Å². The van der Waals surface area contributed by atoms with Crippen molar-refractivity contribution in [2.45, 2.75) is 19.3 Å². The van der Waals surface area contributed by atoms with E-state index < -0.39 is 0 Å². The Kier molecular flexibility index (Phi) is 7.81. The molecule has 1 aliphatic carbocycles. The zero-order valence-electron chi connectivity index (χ0n) is 33.8. The molecular formula is C56H39N5. The van der Waals surface area contributed by atoms with Gasteiger partial charge in [0.2, 0.25) is 5.95 Å². The summed E-state index contributed by atoms with van der Waals surface area (Å²) >= 11 is 0. The number of fused-ring (bicyclic) bond motifs is 8. The number of hydrogen-bond acceptors (Lipinski definition) is 4. The molecule has 5 nitrogen and oxygen atoms in total. The minimum absolute atomic E-state index is 0.152. The van der Waals surface area contributed by atoms with Gasteiger partial charge in [-0.25, -0.2) is 4.98 Å². The average Bonchev–Trinajstić information content (AvgIpc) is 3.69. The highest BCUT2D eigenvalue weighted by atomic mass is 15.3. The number of aromatic nitrogens is 4. The molecule has 0 N–H and O–H groups in total. The van der Waals surface area contributed by atoms with Gasteiger partial charge in [-0.3, -0.25) is 4.90 Å². The quantitative estimate of drug-likeness (QED) is 0.174. The fourth-order valence-corrected chi connectivity index (χ4v) is 9.58. The van der Waals surface area contributed by atoms with Crippen LogP contribution in [0.4, 0.5) is 17.3 Å². The van der Waals surface area contributed by atoms with Crippen LogP contribution in [0.15, 0.2) is 188 Å². The number of hydrogen-bond donors (Lipinski definition) is 0. The highest BCUT2D eigenvalue weighted by Crippen LogP contribution is 2.53. The van der Waals surface area contributed by atoms with Gasteiger partial charge in [-0.15, -0.1) is 0 Å². The third-order valence-corrected chi connectivity index (χ3v) is 12.6. The summed E-state index contributed by atoms with van der Waals surface area (Å²) in [5, 5.41) is 2.47. The van der Waals surface area contributed by atoms with Crippen LogP contribution in [0.3, 0.4) is 0 Å². The van der Waals surface area contributed by atoms with Gasteiger partial charge in [-0.05, 0) is 93.0 Å². The fraction of sp³-hybridized carbons (Fsp3) is 0.0536. The Balaban J connectivity index is 1.08. The maximum atomic E-state index is 5.31. The molecule has 10 aromatic rings. The first-order chi connectivity index (χ1) is 30.0. The first kappa shape index (κ1) is 35.1. The van der Waals surface area contributed by atoms with Gasteiger partial charge in [0.15, 0.2) is 11.6 Å². The normalized spacial score (nSPS) is 13.4. The van der Waals surface area contributed by atoms with E-state index in [9.17, 15) is 0 Å². The summed E-state index contributed by atoms with van der Waals surface area (Å²) in [6.45, 7) is 4.67. The number of benzene rings is 8. The maximum Gasteiger partial charge on any atom is 0.238 e. The van der Waals surface area contributed by atoms with Crippen molar-refractivity contribution in [3.05, 3.63) is 210 Å². The predicted molar refractivity (Wildman–Crippen MR) is 252 cm³/mol. The van der Waals surface area contributed by atoms with Gasteiger partial charge in [0.1, 0.15) is 0 Å². The molecule has 12 rings (SSSR count). The van der Waals surface area contributed by atoms with Crippen molar-refractivity contribution in [2.24, 2.45) is 0 Å². The summed E-state index contributed by atoms with van der Waals surface area (Å²) in [6.07, 6.45) is 4.53. The minimum atomic E-state index is -0.152. The molecule has 0 radical (unpaired) electrons. The lowest BCUT2D eigenvalue weighted by molar-refractivity contribution is 0.660. The van der Waals surface area contributed by atoms with Crippen LogP contribution in [-0.2, 0) is 5.41 Å². The zero-order chi connectivity index (χ0) is 40.7. The van der Waals surface area contributed by atoms with Crippen LogP contribution in [0.1, 0.15) is 36.1 Å². The summed E-state index contributed by atoms with van der Waals surface area (Å²) in [7, 11) is 0. The maximum absolute atomic E-state index is 5.31. The van der Waals surface area contributed by atoms with Gasteiger partial charge in [0, 0.05) is 33.0 Å². The Labute approximate surface area is 354 Å². The molecule has 2 aromatic heterocycles. The molecule has 5 heteroatoms. The van der Waals surface area contributed by atoms with Crippen LogP contribution in [0.25, 0.3) is 84.7 Å². The van der Waals surface area contributed by atoms with Crippen LogP contribution in [0.5, 0.6) is 0 Å². The van der Waals surface area contributed by atoms with Crippen molar-refractivity contribution in [2.75, 3.05) is 4.90 Å². The van der Waals surface area contributed by atoms with E-state index in [0.717, 1.165) is 50.4 Å². The first-order valence-corrected chi connectivity index (χ1v) is 20.9. The number of anilines is 3. The van der Waals surface area contributed by atoms with Crippen molar-refractivity contribution >= 4 is 51.3 Å². The van der Waals surface area contributed by atoms with Crippen LogP contribution >= 0.6 is 0 Å². The van der Waals surface area contributed by atoms with Crippen molar-refractivity contribution in [1.29, 1.82) is 0 Å². The van der Waals surface area contributed by atoms with Gasteiger partial charge >= 0.3 is 0 Å². The Morgan fingerprint density at radius 3 is 1.74 bits per heavy atom. The van der Waals surface area contributed by atoms with E-state index in [0.29, 0.717) is 17.6 Å². The highest BCUT2D eigenvalue weighted by molar-refractivity contribution is 6.10. The SMILES string of the molecule is CC1(C)c2ccccc2-c2cc3c(cc21)C=Cc1cc(-c2ccc4c5ccccc5n(-c5ccccc5)c4c2)ccc1N3c1nc(-c2ccccc2)nc(-c2ccccc2)n1. The average molecular weight is 782 g/mol. The largest absolute Gasteiger partial charge is 0.309 e. The molecule has 2 aliphatic rings. The highest BCUT2D eigenvalue weighted by Gasteiger charge is 2.37. The molecular weight excluding hydrogens is 743 g/mol. The Hall–Kier alpha value is -7.89. The second-order valence-corrected chi connectivity index (χ2v) is 16.5. The Morgan fingerprint density at radius 2 is 1.00 bits per heavy atom. The number of para-hydroxylation sites is 2. The van der Waals surface area contributed by atoms with Crippen molar-refractivity contribution < 1.29 is 0 Å². The zero-order valence-corrected chi connectivity index (χ0v) is 33.8. The van der Waals surface area contributed by atoms with Crippen LogP contribution in [-0.4, -0.2) is 19.5 Å². The summed E-state index contributed by atoms with van der Waals surface area (Å²) in [4.78, 5) is 17.9. The summed E-state index contributed by atoms with van der Waals surface area (Å²) in [6, 6.07) is 67.0. The molecule has 0 spiro atoms. The molecule has 0 fully saturated rings. The molecule has 8 aromatic carbocycles. The minimum Gasteiger partial charge on any atom is -0.309 e. The lowest BCUT2D eigenvalue weighted by Gasteiger charge is -2.28. The molecule has 61 heavy (non-hydrogen) atoms. The lowest BCUT2D eigenvalue weighted by Crippen LogP contribution is -2.18. The standard InChI is InChI=1S/C56H39N5/c1-56(2)47-24-14-12-22-43(47)46-35-51-41(33-48(46)56)27-26-40-32-38(39-28-30-45-44-23-13-15-25-50(44)60(52(45)34-39)42-20-10-5-11-21-42)29-31-49(40)61(51)55-58-53(36-16-6-3-7-17-36)57-54(59-55)37-18-8-4-9-19-37/h3-35H,1-2H3. The van der Waals surface area contributed by atoms with E-state index in [1.54, 1.807) is 0 Å². The van der Waals surface area contributed by atoms with E-state index in [4.69, 9.17) is 15.0 Å². The third kappa shape index (κ3) is 5.58. The smallest absolute Gasteiger partial charge is 0.238 e. The van der Waals surface area contributed by atoms with Gasteiger partial charge < -0.3 is 4.57 Å². The van der Waals surface area contributed by atoms with Gasteiger partial charge in [0.05, 0.1) is 22.4 Å². The van der Waals surface area contributed by atoms with E-state index in [-0.39, 0.29) is 5.41 Å². The predicted octanol–water partition coefficient (Wildman–Crippen LogP) is 14.2.